The number of nitrogens with one attached hydrogen (secondary N) is 1. The molecule has 2 atom stereocenters. The van der Waals surface area contributed by atoms with Crippen LogP contribution in [0.5, 0.6) is 0 Å². The van der Waals surface area contributed by atoms with Gasteiger partial charge in [-0.05, 0) is 19.8 Å². The number of hydrogen-bond donors (Lipinski definition) is 1. The molecule has 1 saturated carbocycles. The third-order valence-corrected chi connectivity index (χ3v) is 4.22. The number of nitrogens with zero attached hydrogens (tertiary/aromatic N) is 2. The fraction of sp³-hybridized carbons (Fsp3) is 0.857. The highest BCUT2D eigenvalue weighted by Crippen LogP contribution is 2.31. The lowest BCUT2D eigenvalue weighted by molar-refractivity contribution is -0.139. The molecule has 0 radical (unpaired) electrons. The molecule has 0 aromatic heterocycles. The van der Waals surface area contributed by atoms with E-state index in [2.05, 4.69) is 17.1 Å². The van der Waals surface area contributed by atoms with E-state index in [9.17, 15) is 9.59 Å². The molecule has 2 heterocycles. The maximum absolute atomic E-state index is 12.2. The summed E-state index contributed by atoms with van der Waals surface area (Å²) < 4.78 is 5.33. The van der Waals surface area contributed by atoms with Gasteiger partial charge in [-0.25, -0.2) is 0 Å². The lowest BCUT2D eigenvalue weighted by Gasteiger charge is -2.30. The summed E-state index contributed by atoms with van der Waals surface area (Å²) in [6.45, 7) is 6.42. The predicted molar refractivity (Wildman–Crippen MR) is 73.1 cm³/mol. The molecular formula is C14H23N3O3. The van der Waals surface area contributed by atoms with Gasteiger partial charge in [0.05, 0.1) is 25.7 Å². The van der Waals surface area contributed by atoms with Gasteiger partial charge in [-0.2, -0.15) is 0 Å². The molecule has 3 fully saturated rings. The fourth-order valence-electron chi connectivity index (χ4n) is 3.06. The summed E-state index contributed by atoms with van der Waals surface area (Å²) in [4.78, 5) is 27.9. The van der Waals surface area contributed by atoms with Gasteiger partial charge >= 0.3 is 0 Å². The van der Waals surface area contributed by atoms with Crippen LogP contribution in [0, 0.1) is 0 Å². The van der Waals surface area contributed by atoms with E-state index in [-0.39, 0.29) is 29.9 Å². The average Bonchev–Trinajstić information content (AvgIpc) is 3.19. The average molecular weight is 281 g/mol. The van der Waals surface area contributed by atoms with Crippen molar-refractivity contribution in [3.8, 4) is 0 Å². The molecule has 2 amide bonds. The van der Waals surface area contributed by atoms with Crippen molar-refractivity contribution < 1.29 is 14.3 Å². The zero-order chi connectivity index (χ0) is 14.1. The molecule has 2 aliphatic heterocycles. The first-order valence-electron chi connectivity index (χ1n) is 7.57. The molecule has 0 spiro atoms. The zero-order valence-corrected chi connectivity index (χ0v) is 12.0. The van der Waals surface area contributed by atoms with E-state index in [4.69, 9.17) is 4.74 Å². The summed E-state index contributed by atoms with van der Waals surface area (Å²) in [6.07, 6.45) is 2.28. The molecule has 1 aliphatic carbocycles. The number of morpholine rings is 1. The van der Waals surface area contributed by atoms with E-state index < -0.39 is 0 Å². The molecule has 3 aliphatic rings. The second-order valence-corrected chi connectivity index (χ2v) is 6.07. The molecule has 0 aromatic rings. The van der Waals surface area contributed by atoms with Crippen LogP contribution >= 0.6 is 0 Å². The first kappa shape index (κ1) is 14.0. The topological polar surface area (TPSA) is 61.9 Å². The van der Waals surface area contributed by atoms with Gasteiger partial charge < -0.3 is 10.1 Å². The van der Waals surface area contributed by atoms with Gasteiger partial charge in [-0.15, -0.1) is 0 Å². The summed E-state index contributed by atoms with van der Waals surface area (Å²) >= 11 is 0. The van der Waals surface area contributed by atoms with Crippen LogP contribution in [0.1, 0.15) is 26.2 Å². The number of likely N-dealkylation sites (tertiary alicyclic amines) is 1. The quantitative estimate of drug-likeness (QED) is 0.694. The lowest BCUT2D eigenvalue weighted by Crippen LogP contribution is -2.49. The molecule has 20 heavy (non-hydrogen) atoms. The zero-order valence-electron chi connectivity index (χ0n) is 12.0. The van der Waals surface area contributed by atoms with Crippen LogP contribution in [-0.2, 0) is 14.3 Å². The van der Waals surface area contributed by atoms with Gasteiger partial charge in [0.2, 0.25) is 11.8 Å². The number of ether oxygens (including phenoxy) is 1. The van der Waals surface area contributed by atoms with Gasteiger partial charge in [0.25, 0.3) is 0 Å². The number of amides is 2. The van der Waals surface area contributed by atoms with E-state index in [1.807, 2.05) is 0 Å². The van der Waals surface area contributed by atoms with Crippen molar-refractivity contribution in [3.63, 3.8) is 0 Å². The highest BCUT2D eigenvalue weighted by Gasteiger charge is 2.46. The molecule has 0 bridgehead atoms. The lowest BCUT2D eigenvalue weighted by atomic mass is 10.2. The van der Waals surface area contributed by atoms with Crippen molar-refractivity contribution in [1.82, 2.24) is 15.1 Å². The van der Waals surface area contributed by atoms with Crippen LogP contribution in [-0.4, -0.2) is 72.6 Å². The Labute approximate surface area is 119 Å². The Bertz CT molecular complexity index is 391. The third kappa shape index (κ3) is 3.02. The minimum absolute atomic E-state index is 0.00595. The van der Waals surface area contributed by atoms with Gasteiger partial charge in [-0.3, -0.25) is 19.4 Å². The molecule has 112 valence electrons. The number of rotatable bonds is 5. The summed E-state index contributed by atoms with van der Waals surface area (Å²) in [7, 11) is 0. The minimum atomic E-state index is -0.320. The van der Waals surface area contributed by atoms with Crippen LogP contribution in [0.4, 0.5) is 0 Å². The Morgan fingerprint density at radius 2 is 2.00 bits per heavy atom. The molecule has 3 rings (SSSR count). The van der Waals surface area contributed by atoms with Crippen molar-refractivity contribution in [1.29, 1.82) is 0 Å². The van der Waals surface area contributed by atoms with Crippen molar-refractivity contribution >= 4 is 11.8 Å². The van der Waals surface area contributed by atoms with E-state index in [0.29, 0.717) is 6.42 Å². The van der Waals surface area contributed by atoms with Crippen LogP contribution in [0.3, 0.4) is 0 Å². The van der Waals surface area contributed by atoms with E-state index >= 15 is 0 Å². The highest BCUT2D eigenvalue weighted by atomic mass is 16.5. The maximum Gasteiger partial charge on any atom is 0.247 e. The first-order chi connectivity index (χ1) is 9.65. The van der Waals surface area contributed by atoms with Crippen molar-refractivity contribution in [2.24, 2.45) is 0 Å². The normalized spacial score (nSPS) is 30.1. The van der Waals surface area contributed by atoms with Crippen LogP contribution in [0.15, 0.2) is 0 Å². The largest absolute Gasteiger partial charge is 0.379 e. The fourth-order valence-corrected chi connectivity index (χ4v) is 3.06. The molecule has 6 nitrogen and oxygen atoms in total. The van der Waals surface area contributed by atoms with Crippen LogP contribution in [0.2, 0.25) is 0 Å². The van der Waals surface area contributed by atoms with E-state index in [1.165, 1.54) is 4.90 Å². The second-order valence-electron chi connectivity index (χ2n) is 6.07. The first-order valence-corrected chi connectivity index (χ1v) is 7.57. The van der Waals surface area contributed by atoms with Gasteiger partial charge in [-0.1, -0.05) is 0 Å². The number of imide groups is 1. The molecule has 6 heteroatoms. The Morgan fingerprint density at radius 3 is 2.65 bits per heavy atom. The SMILES string of the molecule is CC(CN1CCOCC1)NC1CC(=O)N(C2CC2)C1=O. The number of carbonyl (C=O) groups excluding carboxylic acids is 2. The molecule has 1 N–H and O–H groups in total. The van der Waals surface area contributed by atoms with Crippen molar-refractivity contribution in [3.05, 3.63) is 0 Å². The second kappa shape index (κ2) is 5.79. The number of carbonyl (C=O) groups is 2. The minimum Gasteiger partial charge on any atom is -0.379 e. The summed E-state index contributed by atoms with van der Waals surface area (Å²) in [6, 6.07) is 0.0736. The summed E-state index contributed by atoms with van der Waals surface area (Å²) in [5, 5.41) is 3.32. The Kier molecular flexibility index (Phi) is 4.05. The monoisotopic (exact) mass is 281 g/mol. The molecule has 2 unspecified atom stereocenters. The smallest absolute Gasteiger partial charge is 0.247 e. The van der Waals surface area contributed by atoms with E-state index in [1.54, 1.807) is 0 Å². The standard InChI is InChI=1S/C14H23N3O3/c1-10(9-16-4-6-20-7-5-16)15-12-8-13(18)17(14(12)19)11-2-3-11/h10-12,15H,2-9H2,1H3. The van der Waals surface area contributed by atoms with Gasteiger partial charge in [0.1, 0.15) is 0 Å². The van der Waals surface area contributed by atoms with Gasteiger partial charge in [0, 0.05) is 31.7 Å². The molecular weight excluding hydrogens is 258 g/mol. The third-order valence-electron chi connectivity index (χ3n) is 4.22. The van der Waals surface area contributed by atoms with Crippen LogP contribution in [0.25, 0.3) is 0 Å². The summed E-state index contributed by atoms with van der Waals surface area (Å²) in [5.41, 5.74) is 0. The molecule has 2 saturated heterocycles. The van der Waals surface area contributed by atoms with Gasteiger partial charge in [0.15, 0.2) is 0 Å². The van der Waals surface area contributed by atoms with Crippen LogP contribution < -0.4 is 5.32 Å². The van der Waals surface area contributed by atoms with Crippen molar-refractivity contribution in [2.45, 2.75) is 44.3 Å². The predicted octanol–water partition coefficient (Wildman–Crippen LogP) is -0.413. The Hall–Kier alpha value is -0.980. The Morgan fingerprint density at radius 1 is 1.30 bits per heavy atom. The maximum atomic E-state index is 12.2. The highest BCUT2D eigenvalue weighted by molar-refractivity contribution is 6.06. The summed E-state index contributed by atoms with van der Waals surface area (Å²) in [5.74, 6) is -0.0279. The Balaban J connectivity index is 1.49. The van der Waals surface area contributed by atoms with Crippen molar-refractivity contribution in [2.75, 3.05) is 32.8 Å². The molecule has 0 aromatic carbocycles. The van der Waals surface area contributed by atoms with E-state index in [0.717, 1.165) is 45.7 Å². The number of hydrogen-bond acceptors (Lipinski definition) is 5.